The van der Waals surface area contributed by atoms with E-state index < -0.39 is 12.2 Å². The Hall–Kier alpha value is -0.720. The molecule has 1 aromatic rings. The molecule has 2 heterocycles. The van der Waals surface area contributed by atoms with Gasteiger partial charge in [0.25, 0.3) is 0 Å². The van der Waals surface area contributed by atoms with Crippen molar-refractivity contribution in [3.8, 4) is 0 Å². The van der Waals surface area contributed by atoms with E-state index in [0.29, 0.717) is 22.4 Å². The predicted molar refractivity (Wildman–Crippen MR) is 75.9 cm³/mol. The molecule has 7 heteroatoms. The smallest absolute Gasteiger partial charge is 0.367 e. The summed E-state index contributed by atoms with van der Waals surface area (Å²) in [6.45, 7) is 7.87. The number of rotatable bonds is 1. The van der Waals surface area contributed by atoms with Gasteiger partial charge in [-0.2, -0.15) is 18.3 Å². The van der Waals surface area contributed by atoms with E-state index in [9.17, 15) is 13.2 Å². The Labute approximate surface area is 125 Å². The van der Waals surface area contributed by atoms with E-state index in [2.05, 4.69) is 26.3 Å². The minimum Gasteiger partial charge on any atom is -0.367 e. The Morgan fingerprint density at radius 3 is 2.45 bits per heavy atom. The van der Waals surface area contributed by atoms with Crippen molar-refractivity contribution >= 4 is 21.7 Å². The molecule has 2 atom stereocenters. The van der Waals surface area contributed by atoms with Crippen molar-refractivity contribution in [1.29, 1.82) is 0 Å². The molecule has 0 aromatic carbocycles. The van der Waals surface area contributed by atoms with E-state index in [1.54, 1.807) is 6.92 Å². The zero-order chi connectivity index (χ0) is 15.3. The van der Waals surface area contributed by atoms with E-state index in [0.717, 1.165) is 4.68 Å². The molecule has 0 amide bonds. The molecule has 1 aliphatic heterocycles. The molecule has 0 bridgehead atoms. The molecule has 1 aliphatic rings. The highest BCUT2D eigenvalue weighted by Crippen LogP contribution is 2.43. The third-order valence-electron chi connectivity index (χ3n) is 3.25. The van der Waals surface area contributed by atoms with Gasteiger partial charge in [0, 0.05) is 6.04 Å². The van der Waals surface area contributed by atoms with Gasteiger partial charge in [-0.15, -0.1) is 0 Å². The zero-order valence-electron chi connectivity index (χ0n) is 12.0. The molecule has 114 valence electrons. The normalized spacial score (nSPS) is 23.4. The standard InChI is InChI=1S/C13H19BrF3N3/c1-7-5-9(13(15,16)17)20-11(18-7)10(14)8(19-20)6-12(2,3)4/h7,9,18H,5-6H2,1-4H3. The van der Waals surface area contributed by atoms with Crippen molar-refractivity contribution < 1.29 is 13.2 Å². The molecule has 1 N–H and O–H groups in total. The highest BCUT2D eigenvalue weighted by Gasteiger charge is 2.46. The molecule has 0 radical (unpaired) electrons. The lowest BCUT2D eigenvalue weighted by molar-refractivity contribution is -0.173. The van der Waals surface area contributed by atoms with E-state index >= 15 is 0 Å². The topological polar surface area (TPSA) is 29.9 Å². The summed E-state index contributed by atoms with van der Waals surface area (Å²) in [6, 6.07) is -1.79. The molecule has 0 saturated carbocycles. The van der Waals surface area contributed by atoms with Gasteiger partial charge in [-0.3, -0.25) is 0 Å². The summed E-state index contributed by atoms with van der Waals surface area (Å²) in [6.07, 6.45) is -3.66. The third kappa shape index (κ3) is 3.13. The van der Waals surface area contributed by atoms with Crippen LogP contribution in [-0.4, -0.2) is 22.0 Å². The SMILES string of the molecule is CC1CC(C(F)(F)F)n2nc(CC(C)(C)C)c(Br)c2N1. The number of halogens is 4. The first-order chi connectivity index (χ1) is 8.99. The average Bonchev–Trinajstić information content (AvgIpc) is 2.52. The number of nitrogens with one attached hydrogen (secondary N) is 1. The van der Waals surface area contributed by atoms with Crippen molar-refractivity contribution in [2.24, 2.45) is 5.41 Å². The van der Waals surface area contributed by atoms with Crippen molar-refractivity contribution in [2.45, 2.75) is 58.8 Å². The fourth-order valence-corrected chi connectivity index (χ4v) is 2.95. The number of aromatic nitrogens is 2. The molecule has 3 nitrogen and oxygen atoms in total. The van der Waals surface area contributed by atoms with Gasteiger partial charge < -0.3 is 5.32 Å². The van der Waals surface area contributed by atoms with Crippen LogP contribution in [0.2, 0.25) is 0 Å². The fraction of sp³-hybridized carbons (Fsp3) is 0.769. The summed E-state index contributed by atoms with van der Waals surface area (Å²) in [5, 5.41) is 7.30. The molecule has 1 aromatic heterocycles. The molecule has 0 spiro atoms. The van der Waals surface area contributed by atoms with Gasteiger partial charge in [-0.25, -0.2) is 4.68 Å². The van der Waals surface area contributed by atoms with Crippen molar-refractivity contribution in [2.75, 3.05) is 5.32 Å². The number of hydrogen-bond acceptors (Lipinski definition) is 2. The predicted octanol–water partition coefficient (Wildman–Crippen LogP) is 4.54. The lowest BCUT2D eigenvalue weighted by Crippen LogP contribution is -2.38. The van der Waals surface area contributed by atoms with Gasteiger partial charge in [-0.05, 0) is 41.1 Å². The quantitative estimate of drug-likeness (QED) is 0.802. The molecule has 2 rings (SSSR count). The maximum absolute atomic E-state index is 13.2. The first-order valence-electron chi connectivity index (χ1n) is 6.59. The van der Waals surface area contributed by atoms with Crippen LogP contribution in [0.1, 0.15) is 45.9 Å². The number of fused-ring (bicyclic) bond motifs is 1. The Morgan fingerprint density at radius 2 is 1.95 bits per heavy atom. The van der Waals surface area contributed by atoms with Crippen LogP contribution in [0.5, 0.6) is 0 Å². The van der Waals surface area contributed by atoms with Crippen molar-refractivity contribution in [3.05, 3.63) is 10.2 Å². The minimum atomic E-state index is -4.28. The number of alkyl halides is 3. The van der Waals surface area contributed by atoms with Gasteiger partial charge >= 0.3 is 6.18 Å². The monoisotopic (exact) mass is 353 g/mol. The molecule has 20 heavy (non-hydrogen) atoms. The number of hydrogen-bond donors (Lipinski definition) is 1. The second-order valence-electron chi connectivity index (χ2n) is 6.63. The lowest BCUT2D eigenvalue weighted by atomic mass is 9.91. The van der Waals surface area contributed by atoms with Crippen LogP contribution in [0, 0.1) is 5.41 Å². The van der Waals surface area contributed by atoms with Crippen molar-refractivity contribution in [3.63, 3.8) is 0 Å². The Kier molecular flexibility index (Phi) is 3.86. The summed E-state index contributed by atoms with van der Waals surface area (Å²) in [5.41, 5.74) is 0.634. The first kappa shape index (κ1) is 15.7. The second-order valence-corrected chi connectivity index (χ2v) is 7.42. The van der Waals surface area contributed by atoms with E-state index in [1.807, 2.05) is 20.8 Å². The number of anilines is 1. The Bertz CT molecular complexity index is 502. The largest absolute Gasteiger partial charge is 0.410 e. The van der Waals surface area contributed by atoms with Crippen LogP contribution in [0.3, 0.4) is 0 Å². The number of nitrogens with zero attached hydrogens (tertiary/aromatic N) is 2. The third-order valence-corrected chi connectivity index (χ3v) is 4.08. The maximum atomic E-state index is 13.2. The highest BCUT2D eigenvalue weighted by atomic mass is 79.9. The molecule has 0 aliphatic carbocycles. The molecule has 2 unspecified atom stereocenters. The van der Waals surface area contributed by atoms with Gasteiger partial charge in [-0.1, -0.05) is 20.8 Å². The first-order valence-corrected chi connectivity index (χ1v) is 7.38. The van der Waals surface area contributed by atoms with Gasteiger partial charge in [0.15, 0.2) is 6.04 Å². The van der Waals surface area contributed by atoms with Crippen molar-refractivity contribution in [1.82, 2.24) is 9.78 Å². The van der Waals surface area contributed by atoms with E-state index in [-0.39, 0.29) is 17.9 Å². The van der Waals surface area contributed by atoms with Gasteiger partial charge in [0.1, 0.15) is 5.82 Å². The lowest BCUT2D eigenvalue weighted by Gasteiger charge is -2.31. The summed E-state index contributed by atoms with van der Waals surface area (Å²) in [5.74, 6) is 0.435. The van der Waals surface area contributed by atoms with Crippen LogP contribution in [0.15, 0.2) is 4.47 Å². The zero-order valence-corrected chi connectivity index (χ0v) is 13.6. The van der Waals surface area contributed by atoms with Crippen LogP contribution >= 0.6 is 15.9 Å². The summed E-state index contributed by atoms with van der Waals surface area (Å²) >= 11 is 3.40. The van der Waals surface area contributed by atoms with E-state index in [1.165, 1.54) is 0 Å². The summed E-state index contributed by atoms with van der Waals surface area (Å²) in [4.78, 5) is 0. The van der Waals surface area contributed by atoms with Gasteiger partial charge in [0.2, 0.25) is 0 Å². The average molecular weight is 354 g/mol. The maximum Gasteiger partial charge on any atom is 0.410 e. The van der Waals surface area contributed by atoms with Crippen LogP contribution < -0.4 is 5.32 Å². The van der Waals surface area contributed by atoms with Gasteiger partial charge in [0.05, 0.1) is 10.2 Å². The summed E-state index contributed by atoms with van der Waals surface area (Å²) < 4.78 is 41.2. The summed E-state index contributed by atoms with van der Waals surface area (Å²) in [7, 11) is 0. The van der Waals surface area contributed by atoms with Crippen LogP contribution in [0.25, 0.3) is 0 Å². The highest BCUT2D eigenvalue weighted by molar-refractivity contribution is 9.10. The Balaban J connectivity index is 2.45. The van der Waals surface area contributed by atoms with Crippen LogP contribution in [-0.2, 0) is 6.42 Å². The molecular formula is C13H19BrF3N3. The van der Waals surface area contributed by atoms with E-state index in [4.69, 9.17) is 0 Å². The second kappa shape index (κ2) is 4.93. The minimum absolute atomic E-state index is 0.000419. The molecule has 0 fully saturated rings. The molecular weight excluding hydrogens is 335 g/mol. The Morgan fingerprint density at radius 1 is 1.35 bits per heavy atom. The van der Waals surface area contributed by atoms with Crippen LogP contribution in [0.4, 0.5) is 19.0 Å². The fourth-order valence-electron chi connectivity index (χ4n) is 2.43. The molecule has 0 saturated heterocycles.